The smallest absolute Gasteiger partial charge is 0.119 e. The third-order valence-electron chi connectivity index (χ3n) is 3.91. The van der Waals surface area contributed by atoms with Crippen LogP contribution in [-0.2, 0) is 4.74 Å². The van der Waals surface area contributed by atoms with Crippen LogP contribution in [0.5, 0.6) is 5.75 Å². The van der Waals surface area contributed by atoms with Crippen LogP contribution < -0.4 is 10.5 Å². The summed E-state index contributed by atoms with van der Waals surface area (Å²) in [5.74, 6) is 0.909. The van der Waals surface area contributed by atoms with Gasteiger partial charge in [-0.25, -0.2) is 0 Å². The van der Waals surface area contributed by atoms with Gasteiger partial charge in [0.15, 0.2) is 0 Å². The van der Waals surface area contributed by atoms with Crippen LogP contribution >= 0.6 is 0 Å². The molecule has 1 heterocycles. The molecule has 0 aromatic heterocycles. The maximum atomic E-state index is 5.99. The van der Waals surface area contributed by atoms with Gasteiger partial charge in [-0.05, 0) is 51.4 Å². The van der Waals surface area contributed by atoms with Crippen LogP contribution in [0.25, 0.3) is 0 Å². The van der Waals surface area contributed by atoms with Crippen molar-refractivity contribution in [3.05, 3.63) is 29.8 Å². The van der Waals surface area contributed by atoms with Crippen LogP contribution in [0, 0.1) is 0 Å². The van der Waals surface area contributed by atoms with Gasteiger partial charge in [0.2, 0.25) is 0 Å². The SMILES string of the molecule is CC(C)Oc1ccc(C(CN)N(C)CC2CCCO2)cc1. The van der Waals surface area contributed by atoms with Gasteiger partial charge in [-0.2, -0.15) is 0 Å². The minimum Gasteiger partial charge on any atom is -0.491 e. The maximum Gasteiger partial charge on any atom is 0.119 e. The third-order valence-corrected chi connectivity index (χ3v) is 3.91. The van der Waals surface area contributed by atoms with E-state index in [2.05, 4.69) is 24.1 Å². The highest BCUT2D eigenvalue weighted by atomic mass is 16.5. The highest BCUT2D eigenvalue weighted by molar-refractivity contribution is 5.29. The van der Waals surface area contributed by atoms with Crippen molar-refractivity contribution in [2.24, 2.45) is 5.73 Å². The molecule has 0 bridgehead atoms. The van der Waals surface area contributed by atoms with E-state index in [9.17, 15) is 0 Å². The van der Waals surface area contributed by atoms with Gasteiger partial charge in [-0.1, -0.05) is 12.1 Å². The molecule has 4 nitrogen and oxygen atoms in total. The van der Waals surface area contributed by atoms with E-state index in [-0.39, 0.29) is 12.1 Å². The molecule has 21 heavy (non-hydrogen) atoms. The second-order valence-electron chi connectivity index (χ2n) is 6.06. The molecule has 118 valence electrons. The van der Waals surface area contributed by atoms with E-state index >= 15 is 0 Å². The lowest BCUT2D eigenvalue weighted by Crippen LogP contribution is -2.36. The fourth-order valence-electron chi connectivity index (χ4n) is 2.85. The molecule has 0 aliphatic carbocycles. The summed E-state index contributed by atoms with van der Waals surface area (Å²) in [6.07, 6.45) is 2.88. The monoisotopic (exact) mass is 292 g/mol. The molecule has 0 saturated carbocycles. The lowest BCUT2D eigenvalue weighted by Gasteiger charge is -2.29. The Kier molecular flexibility index (Phi) is 6.03. The normalized spacial score (nSPS) is 20.2. The van der Waals surface area contributed by atoms with Crippen molar-refractivity contribution in [1.29, 1.82) is 0 Å². The molecule has 1 aromatic rings. The molecule has 2 atom stereocenters. The van der Waals surface area contributed by atoms with Gasteiger partial charge < -0.3 is 15.2 Å². The molecule has 0 amide bonds. The number of nitrogens with two attached hydrogens (primary N) is 1. The summed E-state index contributed by atoms with van der Waals surface area (Å²) < 4.78 is 11.4. The summed E-state index contributed by atoms with van der Waals surface area (Å²) in [6.45, 7) is 6.50. The standard InChI is InChI=1S/C17H28N2O2/c1-13(2)21-15-8-6-14(7-9-15)17(11-18)19(3)12-16-5-4-10-20-16/h6-9,13,16-17H,4-5,10-12,18H2,1-3H3. The van der Waals surface area contributed by atoms with E-state index in [1.807, 2.05) is 26.0 Å². The lowest BCUT2D eigenvalue weighted by atomic mass is 10.0. The topological polar surface area (TPSA) is 47.7 Å². The molecule has 0 spiro atoms. The predicted octanol–water partition coefficient (Wildman–Crippen LogP) is 2.58. The summed E-state index contributed by atoms with van der Waals surface area (Å²) in [6, 6.07) is 8.50. The van der Waals surface area contributed by atoms with E-state index in [0.717, 1.165) is 25.3 Å². The van der Waals surface area contributed by atoms with Crippen molar-refractivity contribution in [2.45, 2.75) is 44.9 Å². The third kappa shape index (κ3) is 4.70. The Morgan fingerprint density at radius 2 is 2.05 bits per heavy atom. The van der Waals surface area contributed by atoms with Crippen molar-refractivity contribution in [1.82, 2.24) is 4.90 Å². The molecule has 1 aliphatic rings. The molecule has 0 radical (unpaired) electrons. The summed E-state index contributed by atoms with van der Waals surface area (Å²) in [4.78, 5) is 2.30. The number of ether oxygens (including phenoxy) is 2. The molecular formula is C17H28N2O2. The lowest BCUT2D eigenvalue weighted by molar-refractivity contribution is 0.0689. The number of likely N-dealkylation sites (N-methyl/N-ethyl adjacent to an activating group) is 1. The summed E-state index contributed by atoms with van der Waals surface area (Å²) in [7, 11) is 2.12. The second kappa shape index (κ2) is 7.78. The molecule has 1 aromatic carbocycles. The first kappa shape index (κ1) is 16.3. The van der Waals surface area contributed by atoms with Crippen LogP contribution in [0.1, 0.15) is 38.3 Å². The summed E-state index contributed by atoms with van der Waals surface area (Å²) in [5, 5.41) is 0. The van der Waals surface area contributed by atoms with Crippen LogP contribution in [0.2, 0.25) is 0 Å². The van der Waals surface area contributed by atoms with Gasteiger partial charge in [0, 0.05) is 25.7 Å². The van der Waals surface area contributed by atoms with Gasteiger partial charge >= 0.3 is 0 Å². The van der Waals surface area contributed by atoms with Crippen molar-refractivity contribution in [2.75, 3.05) is 26.7 Å². The first-order valence-corrected chi connectivity index (χ1v) is 7.88. The zero-order valence-corrected chi connectivity index (χ0v) is 13.4. The van der Waals surface area contributed by atoms with Gasteiger partial charge in [-0.3, -0.25) is 4.90 Å². The largest absolute Gasteiger partial charge is 0.491 e. The van der Waals surface area contributed by atoms with Gasteiger partial charge in [0.1, 0.15) is 5.75 Å². The van der Waals surface area contributed by atoms with Crippen LogP contribution in [0.15, 0.2) is 24.3 Å². The average Bonchev–Trinajstić information content (AvgIpc) is 2.93. The van der Waals surface area contributed by atoms with Crippen molar-refractivity contribution in [3.63, 3.8) is 0 Å². The van der Waals surface area contributed by atoms with E-state index in [1.54, 1.807) is 0 Å². The Bertz CT molecular complexity index is 413. The number of rotatable bonds is 7. The van der Waals surface area contributed by atoms with E-state index in [1.165, 1.54) is 12.0 Å². The van der Waals surface area contributed by atoms with Crippen molar-refractivity contribution in [3.8, 4) is 5.75 Å². The van der Waals surface area contributed by atoms with Crippen LogP contribution in [0.4, 0.5) is 0 Å². The van der Waals surface area contributed by atoms with Crippen molar-refractivity contribution < 1.29 is 9.47 Å². The highest BCUT2D eigenvalue weighted by Crippen LogP contribution is 2.23. The number of nitrogens with zero attached hydrogens (tertiary/aromatic N) is 1. The number of hydrogen-bond acceptors (Lipinski definition) is 4. The maximum absolute atomic E-state index is 5.99. The molecule has 2 unspecified atom stereocenters. The molecule has 4 heteroatoms. The van der Waals surface area contributed by atoms with E-state index in [0.29, 0.717) is 12.6 Å². The molecule has 2 rings (SSSR count). The first-order valence-electron chi connectivity index (χ1n) is 7.88. The fourth-order valence-corrected chi connectivity index (χ4v) is 2.85. The molecular weight excluding hydrogens is 264 g/mol. The van der Waals surface area contributed by atoms with Gasteiger partial charge in [0.25, 0.3) is 0 Å². The zero-order valence-electron chi connectivity index (χ0n) is 13.4. The number of hydrogen-bond donors (Lipinski definition) is 1. The highest BCUT2D eigenvalue weighted by Gasteiger charge is 2.22. The predicted molar refractivity (Wildman–Crippen MR) is 85.6 cm³/mol. The van der Waals surface area contributed by atoms with Crippen LogP contribution in [-0.4, -0.2) is 43.9 Å². The van der Waals surface area contributed by atoms with Crippen molar-refractivity contribution >= 4 is 0 Å². The van der Waals surface area contributed by atoms with E-state index < -0.39 is 0 Å². The van der Waals surface area contributed by atoms with E-state index in [4.69, 9.17) is 15.2 Å². The van der Waals surface area contributed by atoms with Gasteiger partial charge in [-0.15, -0.1) is 0 Å². The fraction of sp³-hybridized carbons (Fsp3) is 0.647. The zero-order chi connectivity index (χ0) is 15.2. The Labute approximate surface area is 128 Å². The molecule has 1 aliphatic heterocycles. The van der Waals surface area contributed by atoms with Crippen LogP contribution in [0.3, 0.4) is 0 Å². The summed E-state index contributed by atoms with van der Waals surface area (Å²) in [5.41, 5.74) is 7.22. The Morgan fingerprint density at radius 3 is 2.57 bits per heavy atom. The Hall–Kier alpha value is -1.10. The Balaban J connectivity index is 1.98. The first-order chi connectivity index (χ1) is 10.1. The molecule has 2 N–H and O–H groups in total. The quantitative estimate of drug-likeness (QED) is 0.839. The molecule has 1 fully saturated rings. The summed E-state index contributed by atoms with van der Waals surface area (Å²) >= 11 is 0. The minimum atomic E-state index is 0.198. The second-order valence-corrected chi connectivity index (χ2v) is 6.06. The average molecular weight is 292 g/mol. The molecule has 1 saturated heterocycles. The van der Waals surface area contributed by atoms with Gasteiger partial charge in [0.05, 0.1) is 12.2 Å². The Morgan fingerprint density at radius 1 is 1.33 bits per heavy atom. The minimum absolute atomic E-state index is 0.198. The number of benzene rings is 1.